The molecule has 0 spiro atoms. The summed E-state index contributed by atoms with van der Waals surface area (Å²) in [6.07, 6.45) is 4.29. The Morgan fingerprint density at radius 3 is 2.54 bits per heavy atom. The summed E-state index contributed by atoms with van der Waals surface area (Å²) in [5, 5.41) is 3.05. The van der Waals surface area contributed by atoms with Gasteiger partial charge in [-0.1, -0.05) is 18.2 Å². The molecular weight excluding hydrogens is 350 g/mol. The van der Waals surface area contributed by atoms with Gasteiger partial charge in [-0.3, -0.25) is 4.79 Å². The van der Waals surface area contributed by atoms with Crippen molar-refractivity contribution < 1.29 is 9.53 Å². The summed E-state index contributed by atoms with van der Waals surface area (Å²) in [6, 6.07) is 17.7. The van der Waals surface area contributed by atoms with Gasteiger partial charge in [0.2, 0.25) is 5.91 Å². The maximum Gasteiger partial charge on any atom is 0.226 e. The molecule has 1 amide bonds. The van der Waals surface area contributed by atoms with E-state index in [0.29, 0.717) is 6.42 Å². The van der Waals surface area contributed by atoms with E-state index >= 15 is 0 Å². The summed E-state index contributed by atoms with van der Waals surface area (Å²) >= 11 is 0. The van der Waals surface area contributed by atoms with Crippen molar-refractivity contribution in [1.82, 2.24) is 4.57 Å². The normalized spacial score (nSPS) is 11.7. The Kier molecular flexibility index (Phi) is 6.04. The number of hydrogen-bond acceptors (Lipinski definition) is 3. The lowest BCUT2D eigenvalue weighted by Gasteiger charge is -2.21. The van der Waals surface area contributed by atoms with Crippen LogP contribution in [0.1, 0.15) is 23.6 Å². The zero-order chi connectivity index (χ0) is 20.1. The summed E-state index contributed by atoms with van der Waals surface area (Å²) in [7, 11) is 5.65. The van der Waals surface area contributed by atoms with E-state index in [2.05, 4.69) is 16.8 Å². The SMILES string of the molecule is COc1cccc(C(CC(=O)Nc2ccc(C)c(N(C)C)c2)n2cccc2)c1. The van der Waals surface area contributed by atoms with Gasteiger partial charge in [0.25, 0.3) is 0 Å². The maximum atomic E-state index is 12.8. The highest BCUT2D eigenvalue weighted by Gasteiger charge is 2.18. The van der Waals surface area contributed by atoms with Crippen molar-refractivity contribution in [3.63, 3.8) is 0 Å². The average molecular weight is 377 g/mol. The van der Waals surface area contributed by atoms with Crippen molar-refractivity contribution in [2.24, 2.45) is 0 Å². The van der Waals surface area contributed by atoms with Gasteiger partial charge in [0.05, 0.1) is 19.6 Å². The van der Waals surface area contributed by atoms with Crippen LogP contribution in [0.3, 0.4) is 0 Å². The molecule has 1 atom stereocenters. The van der Waals surface area contributed by atoms with E-state index in [1.54, 1.807) is 7.11 Å². The van der Waals surface area contributed by atoms with E-state index in [1.165, 1.54) is 5.56 Å². The molecule has 0 bridgehead atoms. The monoisotopic (exact) mass is 377 g/mol. The largest absolute Gasteiger partial charge is 0.497 e. The topological polar surface area (TPSA) is 46.5 Å². The number of hydrogen-bond donors (Lipinski definition) is 1. The fourth-order valence-corrected chi connectivity index (χ4v) is 3.36. The van der Waals surface area contributed by atoms with E-state index in [4.69, 9.17) is 4.74 Å². The number of rotatable bonds is 7. The summed E-state index contributed by atoms with van der Waals surface area (Å²) < 4.78 is 7.41. The van der Waals surface area contributed by atoms with Crippen molar-refractivity contribution in [2.45, 2.75) is 19.4 Å². The number of carbonyl (C=O) groups is 1. The molecule has 0 saturated carbocycles. The number of nitrogens with zero attached hydrogens (tertiary/aromatic N) is 2. The van der Waals surface area contributed by atoms with Gasteiger partial charge in [0.15, 0.2) is 0 Å². The van der Waals surface area contributed by atoms with E-state index in [1.807, 2.05) is 86.0 Å². The minimum absolute atomic E-state index is 0.0323. The number of ether oxygens (including phenoxy) is 1. The van der Waals surface area contributed by atoms with Crippen molar-refractivity contribution in [2.75, 3.05) is 31.4 Å². The molecule has 1 heterocycles. The van der Waals surface area contributed by atoms with Crippen LogP contribution in [0, 0.1) is 6.92 Å². The highest BCUT2D eigenvalue weighted by atomic mass is 16.5. The van der Waals surface area contributed by atoms with Gasteiger partial charge in [-0.15, -0.1) is 0 Å². The zero-order valence-electron chi connectivity index (χ0n) is 16.8. The number of carbonyl (C=O) groups excluding carboxylic acids is 1. The Balaban J connectivity index is 1.81. The Hall–Kier alpha value is -3.21. The molecule has 146 valence electrons. The highest BCUT2D eigenvalue weighted by molar-refractivity contribution is 5.92. The smallest absolute Gasteiger partial charge is 0.226 e. The van der Waals surface area contributed by atoms with E-state index in [-0.39, 0.29) is 11.9 Å². The Morgan fingerprint density at radius 1 is 1.11 bits per heavy atom. The van der Waals surface area contributed by atoms with Gasteiger partial charge < -0.3 is 19.5 Å². The minimum Gasteiger partial charge on any atom is -0.497 e. The molecule has 3 aromatic rings. The van der Waals surface area contributed by atoms with E-state index < -0.39 is 0 Å². The molecule has 0 aliphatic carbocycles. The number of nitrogens with one attached hydrogen (secondary N) is 1. The molecular formula is C23H27N3O2. The zero-order valence-corrected chi connectivity index (χ0v) is 16.8. The molecule has 5 heteroatoms. The Morgan fingerprint density at radius 2 is 1.86 bits per heavy atom. The molecule has 28 heavy (non-hydrogen) atoms. The quantitative estimate of drug-likeness (QED) is 0.660. The van der Waals surface area contributed by atoms with Crippen LogP contribution in [-0.4, -0.2) is 31.7 Å². The van der Waals surface area contributed by atoms with E-state index in [9.17, 15) is 4.79 Å². The van der Waals surface area contributed by atoms with Gasteiger partial charge in [-0.2, -0.15) is 0 Å². The fourth-order valence-electron chi connectivity index (χ4n) is 3.36. The first kappa shape index (κ1) is 19.5. The number of amides is 1. The predicted molar refractivity (Wildman–Crippen MR) is 114 cm³/mol. The summed E-state index contributed by atoms with van der Waals surface area (Å²) in [5.41, 5.74) is 4.09. The first-order valence-electron chi connectivity index (χ1n) is 9.32. The Bertz CT molecular complexity index is 933. The fraction of sp³-hybridized carbons (Fsp3) is 0.261. The lowest BCUT2D eigenvalue weighted by Crippen LogP contribution is -2.20. The standard InChI is InChI=1S/C23H27N3O2/c1-17-10-11-19(15-21(17)25(2)3)24-23(27)16-22(26-12-5-6-13-26)18-8-7-9-20(14-18)28-4/h5-15,22H,16H2,1-4H3,(H,24,27). The highest BCUT2D eigenvalue weighted by Crippen LogP contribution is 2.27. The van der Waals surface area contributed by atoms with Gasteiger partial charge in [-0.05, 0) is 54.4 Å². The van der Waals surface area contributed by atoms with Crippen LogP contribution in [0.4, 0.5) is 11.4 Å². The van der Waals surface area contributed by atoms with Crippen LogP contribution < -0.4 is 15.0 Å². The van der Waals surface area contributed by atoms with Crippen LogP contribution >= 0.6 is 0 Å². The molecule has 1 aromatic heterocycles. The van der Waals surface area contributed by atoms with Crippen LogP contribution in [0.15, 0.2) is 67.0 Å². The predicted octanol–water partition coefficient (Wildman–Crippen LogP) is 4.49. The van der Waals surface area contributed by atoms with Gasteiger partial charge in [-0.25, -0.2) is 0 Å². The first-order valence-corrected chi connectivity index (χ1v) is 9.32. The average Bonchev–Trinajstić information content (AvgIpc) is 3.22. The van der Waals surface area contributed by atoms with Crippen LogP contribution in [-0.2, 0) is 4.79 Å². The number of benzene rings is 2. The van der Waals surface area contributed by atoms with Crippen molar-refractivity contribution in [1.29, 1.82) is 0 Å². The number of aryl methyl sites for hydroxylation is 1. The van der Waals surface area contributed by atoms with Gasteiger partial charge >= 0.3 is 0 Å². The molecule has 2 aromatic carbocycles. The summed E-state index contributed by atoms with van der Waals surface area (Å²) in [4.78, 5) is 14.9. The molecule has 0 aliphatic heterocycles. The molecule has 0 saturated heterocycles. The minimum atomic E-state index is -0.108. The second-order valence-electron chi connectivity index (χ2n) is 7.07. The molecule has 0 fully saturated rings. The molecule has 0 radical (unpaired) electrons. The third kappa shape index (κ3) is 4.55. The van der Waals surface area contributed by atoms with Gasteiger partial charge in [0, 0.05) is 37.9 Å². The lowest BCUT2D eigenvalue weighted by molar-refractivity contribution is -0.116. The maximum absolute atomic E-state index is 12.8. The second-order valence-corrected chi connectivity index (χ2v) is 7.07. The third-order valence-corrected chi connectivity index (χ3v) is 4.82. The molecule has 0 aliphatic rings. The number of methoxy groups -OCH3 is 1. The summed E-state index contributed by atoms with van der Waals surface area (Å²) in [6.45, 7) is 2.06. The Labute approximate surface area is 166 Å². The summed E-state index contributed by atoms with van der Waals surface area (Å²) in [5.74, 6) is 0.749. The lowest BCUT2D eigenvalue weighted by atomic mass is 10.0. The van der Waals surface area contributed by atoms with Crippen molar-refractivity contribution >= 4 is 17.3 Å². The van der Waals surface area contributed by atoms with E-state index in [0.717, 1.165) is 22.7 Å². The molecule has 1 N–H and O–H groups in total. The van der Waals surface area contributed by atoms with Crippen molar-refractivity contribution in [3.05, 3.63) is 78.1 Å². The first-order chi connectivity index (χ1) is 13.5. The van der Waals surface area contributed by atoms with Crippen LogP contribution in [0.25, 0.3) is 0 Å². The van der Waals surface area contributed by atoms with Crippen molar-refractivity contribution in [3.8, 4) is 5.75 Å². The molecule has 3 rings (SSSR count). The second kappa shape index (κ2) is 8.65. The van der Waals surface area contributed by atoms with Crippen LogP contribution in [0.5, 0.6) is 5.75 Å². The number of aromatic nitrogens is 1. The molecule has 1 unspecified atom stereocenters. The molecule has 5 nitrogen and oxygen atoms in total. The third-order valence-electron chi connectivity index (χ3n) is 4.82. The number of anilines is 2. The van der Waals surface area contributed by atoms with Gasteiger partial charge in [0.1, 0.15) is 5.75 Å². The van der Waals surface area contributed by atoms with Crippen LogP contribution in [0.2, 0.25) is 0 Å².